The third-order valence-corrected chi connectivity index (χ3v) is 3.95. The lowest BCUT2D eigenvalue weighted by Gasteiger charge is -2.02. The molecule has 0 saturated carbocycles. The summed E-state index contributed by atoms with van der Waals surface area (Å²) >= 11 is 0. The van der Waals surface area contributed by atoms with E-state index in [4.69, 9.17) is 4.74 Å². The first-order chi connectivity index (χ1) is 10.8. The van der Waals surface area contributed by atoms with Crippen molar-refractivity contribution >= 4 is 22.5 Å². The average Bonchev–Trinajstić information content (AvgIpc) is 3.12. The van der Waals surface area contributed by atoms with Gasteiger partial charge in [-0.25, -0.2) is 4.79 Å². The van der Waals surface area contributed by atoms with Gasteiger partial charge in [-0.05, 0) is 36.8 Å². The number of ether oxygens (including phenoxy) is 1. The van der Waals surface area contributed by atoms with E-state index in [1.165, 1.54) is 0 Å². The van der Waals surface area contributed by atoms with Crippen molar-refractivity contribution in [2.75, 3.05) is 6.61 Å². The summed E-state index contributed by atoms with van der Waals surface area (Å²) in [5.41, 5.74) is 5.81. The zero-order valence-corrected chi connectivity index (χ0v) is 12.2. The van der Waals surface area contributed by atoms with Gasteiger partial charge in [-0.15, -0.1) is 0 Å². The molecule has 0 radical (unpaired) electrons. The maximum Gasteiger partial charge on any atom is 0.340 e. The van der Waals surface area contributed by atoms with E-state index in [2.05, 4.69) is 28.7 Å². The summed E-state index contributed by atoms with van der Waals surface area (Å²) in [4.78, 5) is 12.3. The van der Waals surface area contributed by atoms with Crippen molar-refractivity contribution in [3.8, 4) is 11.1 Å². The molecule has 0 atom stereocenters. The first-order valence-corrected chi connectivity index (χ1v) is 7.38. The van der Waals surface area contributed by atoms with Crippen LogP contribution < -0.4 is 0 Å². The van der Waals surface area contributed by atoms with E-state index in [0.717, 1.165) is 27.7 Å². The van der Waals surface area contributed by atoms with E-state index >= 15 is 0 Å². The molecule has 22 heavy (non-hydrogen) atoms. The van der Waals surface area contributed by atoms with Gasteiger partial charge < -0.3 is 9.14 Å². The molecule has 3 nitrogen and oxygen atoms in total. The molecule has 0 bridgehead atoms. The Bertz CT molecular complexity index is 953. The van der Waals surface area contributed by atoms with E-state index in [1.807, 2.05) is 43.3 Å². The number of rotatable bonds is 3. The van der Waals surface area contributed by atoms with Gasteiger partial charge in [-0.1, -0.05) is 36.4 Å². The van der Waals surface area contributed by atoms with Crippen LogP contribution in [-0.2, 0) is 4.74 Å². The maximum atomic E-state index is 12.3. The number of aromatic nitrogens is 1. The smallest absolute Gasteiger partial charge is 0.340 e. The molecule has 0 fully saturated rings. The minimum Gasteiger partial charge on any atom is -0.462 e. The molecule has 3 heteroatoms. The highest BCUT2D eigenvalue weighted by atomic mass is 16.5. The van der Waals surface area contributed by atoms with Gasteiger partial charge in [0.05, 0.1) is 17.7 Å². The Balaban J connectivity index is 2.07. The molecule has 0 amide bonds. The second-order valence-electron chi connectivity index (χ2n) is 5.26. The Morgan fingerprint density at radius 1 is 1.00 bits per heavy atom. The Labute approximate surface area is 128 Å². The lowest BCUT2D eigenvalue weighted by Crippen LogP contribution is -2.03. The molecule has 3 heterocycles. The van der Waals surface area contributed by atoms with Crippen LogP contribution in [0.5, 0.6) is 0 Å². The monoisotopic (exact) mass is 289 g/mol. The molecule has 0 N–H and O–H groups in total. The largest absolute Gasteiger partial charge is 0.462 e. The van der Waals surface area contributed by atoms with Gasteiger partial charge in [0.2, 0.25) is 0 Å². The number of nitrogens with zero attached hydrogens (tertiary/aromatic N) is 1. The number of esters is 1. The third-order valence-electron chi connectivity index (χ3n) is 3.95. The molecular weight excluding hydrogens is 274 g/mol. The Morgan fingerprint density at radius 2 is 1.73 bits per heavy atom. The fraction of sp³-hybridized carbons (Fsp3) is 0.105. The van der Waals surface area contributed by atoms with Crippen LogP contribution in [0.15, 0.2) is 60.7 Å². The summed E-state index contributed by atoms with van der Waals surface area (Å²) in [6, 6.07) is 20.2. The Hall–Kier alpha value is -2.81. The first kappa shape index (κ1) is 12.9. The van der Waals surface area contributed by atoms with E-state index < -0.39 is 0 Å². The van der Waals surface area contributed by atoms with Crippen molar-refractivity contribution in [3.05, 3.63) is 66.2 Å². The number of pyridine rings is 1. The lowest BCUT2D eigenvalue weighted by atomic mass is 10.1. The molecule has 0 spiro atoms. The second kappa shape index (κ2) is 4.88. The van der Waals surface area contributed by atoms with Crippen molar-refractivity contribution in [1.82, 2.24) is 4.40 Å². The summed E-state index contributed by atoms with van der Waals surface area (Å²) in [6.07, 6.45) is 0. The van der Waals surface area contributed by atoms with Gasteiger partial charge in [0.25, 0.3) is 0 Å². The van der Waals surface area contributed by atoms with Gasteiger partial charge in [-0.2, -0.15) is 0 Å². The molecule has 1 aromatic carbocycles. The summed E-state index contributed by atoms with van der Waals surface area (Å²) in [6.45, 7) is 2.20. The third kappa shape index (κ3) is 1.79. The topological polar surface area (TPSA) is 30.7 Å². The molecule has 4 rings (SSSR count). The normalized spacial score (nSPS) is 11.3. The second-order valence-corrected chi connectivity index (χ2v) is 5.26. The van der Waals surface area contributed by atoms with Crippen molar-refractivity contribution in [2.24, 2.45) is 0 Å². The van der Waals surface area contributed by atoms with Crippen molar-refractivity contribution in [3.63, 3.8) is 0 Å². The van der Waals surface area contributed by atoms with Crippen LogP contribution in [0.1, 0.15) is 17.3 Å². The van der Waals surface area contributed by atoms with E-state index in [-0.39, 0.29) is 5.97 Å². The van der Waals surface area contributed by atoms with E-state index in [9.17, 15) is 4.79 Å². The predicted molar refractivity (Wildman–Crippen MR) is 87.5 cm³/mol. The number of benzene rings is 1. The minimum atomic E-state index is -0.268. The summed E-state index contributed by atoms with van der Waals surface area (Å²) in [5, 5.41) is 0. The van der Waals surface area contributed by atoms with Crippen LogP contribution >= 0.6 is 0 Å². The first-order valence-electron chi connectivity index (χ1n) is 7.38. The Morgan fingerprint density at radius 3 is 2.45 bits per heavy atom. The van der Waals surface area contributed by atoms with Gasteiger partial charge in [0.1, 0.15) is 0 Å². The number of hydrogen-bond donors (Lipinski definition) is 0. The molecule has 0 aliphatic carbocycles. The highest BCUT2D eigenvalue weighted by Crippen LogP contribution is 2.35. The van der Waals surface area contributed by atoms with Gasteiger partial charge >= 0.3 is 5.97 Å². The van der Waals surface area contributed by atoms with Crippen molar-refractivity contribution in [1.29, 1.82) is 0 Å². The molecule has 4 aromatic rings. The Kier molecular flexibility index (Phi) is 2.86. The minimum absolute atomic E-state index is 0.268. The number of carbonyl (C=O) groups is 1. The zero-order chi connectivity index (χ0) is 15.1. The number of carbonyl (C=O) groups excluding carboxylic acids is 1. The van der Waals surface area contributed by atoms with E-state index in [1.54, 1.807) is 0 Å². The molecule has 108 valence electrons. The summed E-state index contributed by atoms with van der Waals surface area (Å²) in [5.74, 6) is -0.268. The standard InChI is InChI=1S/C19H15NO2/c1-2-22-19(21)17-12-15-10-6-9-14-11-16(18(17)20(14)15)13-7-4-3-5-8-13/h3-12H,2H2,1H3. The van der Waals surface area contributed by atoms with Crippen LogP contribution in [-0.4, -0.2) is 17.0 Å². The van der Waals surface area contributed by atoms with Crippen molar-refractivity contribution < 1.29 is 9.53 Å². The molecule has 3 aromatic heterocycles. The highest BCUT2D eigenvalue weighted by molar-refractivity contribution is 6.07. The predicted octanol–water partition coefficient (Wildman–Crippen LogP) is 4.37. The van der Waals surface area contributed by atoms with Crippen LogP contribution in [0.2, 0.25) is 0 Å². The van der Waals surface area contributed by atoms with Gasteiger partial charge in [-0.3, -0.25) is 0 Å². The highest BCUT2D eigenvalue weighted by Gasteiger charge is 2.21. The summed E-state index contributed by atoms with van der Waals surface area (Å²) in [7, 11) is 0. The quantitative estimate of drug-likeness (QED) is 0.524. The van der Waals surface area contributed by atoms with Crippen LogP contribution in [0.4, 0.5) is 0 Å². The van der Waals surface area contributed by atoms with Gasteiger partial charge in [0, 0.05) is 16.6 Å². The van der Waals surface area contributed by atoms with E-state index in [0.29, 0.717) is 12.2 Å². The molecule has 0 unspecified atom stereocenters. The average molecular weight is 289 g/mol. The van der Waals surface area contributed by atoms with Crippen LogP contribution in [0.25, 0.3) is 27.7 Å². The SMILES string of the molecule is CCOC(=O)c1cc2cccc3cc(-c4ccccc4)c1n23. The maximum absolute atomic E-state index is 12.3. The fourth-order valence-corrected chi connectivity index (χ4v) is 3.05. The van der Waals surface area contributed by atoms with Crippen molar-refractivity contribution in [2.45, 2.75) is 6.92 Å². The number of hydrogen-bond acceptors (Lipinski definition) is 2. The summed E-state index contributed by atoms with van der Waals surface area (Å²) < 4.78 is 7.35. The van der Waals surface area contributed by atoms with Crippen LogP contribution in [0, 0.1) is 0 Å². The molecular formula is C19H15NO2. The molecule has 0 aliphatic rings. The lowest BCUT2D eigenvalue weighted by molar-refractivity contribution is 0.0529. The van der Waals surface area contributed by atoms with Gasteiger partial charge in [0.15, 0.2) is 0 Å². The zero-order valence-electron chi connectivity index (χ0n) is 12.2. The molecule has 0 aliphatic heterocycles. The van der Waals surface area contributed by atoms with Crippen LogP contribution in [0.3, 0.4) is 0 Å². The molecule has 0 saturated heterocycles. The fourth-order valence-electron chi connectivity index (χ4n) is 3.05.